The molecule has 0 unspecified atom stereocenters. The number of ether oxygens (including phenoxy) is 1. The number of rotatable bonds is 8. The van der Waals surface area contributed by atoms with Crippen LogP contribution in [0.4, 0.5) is 5.69 Å². The average molecular weight is 466 g/mol. The molecule has 0 aliphatic heterocycles. The SMILES string of the molecule is COc1ccc(C)cc1NC(=O)CSc1nnc2n(CCC(C)C)c(=O)c3ccccc3n12. The first kappa shape index (κ1) is 22.8. The lowest BCUT2D eigenvalue weighted by molar-refractivity contribution is -0.113. The topological polar surface area (TPSA) is 90.5 Å². The molecule has 0 radical (unpaired) electrons. The van der Waals surface area contributed by atoms with Crippen LogP contribution in [0.3, 0.4) is 0 Å². The molecule has 4 aromatic rings. The van der Waals surface area contributed by atoms with Crippen LogP contribution in [0.1, 0.15) is 25.8 Å². The Morgan fingerprint density at radius 1 is 1.18 bits per heavy atom. The number of aryl methyl sites for hydroxylation is 2. The number of methoxy groups -OCH3 is 1. The van der Waals surface area contributed by atoms with Gasteiger partial charge in [-0.1, -0.05) is 43.8 Å². The molecule has 1 N–H and O–H groups in total. The predicted molar refractivity (Wildman–Crippen MR) is 131 cm³/mol. The van der Waals surface area contributed by atoms with Crippen LogP contribution >= 0.6 is 11.8 Å². The predicted octanol–water partition coefficient (Wildman–Crippen LogP) is 4.14. The highest BCUT2D eigenvalue weighted by Crippen LogP contribution is 2.26. The van der Waals surface area contributed by atoms with Crippen LogP contribution < -0.4 is 15.6 Å². The fraction of sp³-hybridized carbons (Fsp3) is 0.333. The Hall–Kier alpha value is -3.33. The molecule has 0 aliphatic carbocycles. The standard InChI is InChI=1S/C24H27N5O3S/c1-15(2)11-12-28-22(31)17-7-5-6-8-19(17)29-23(28)26-27-24(29)33-14-21(30)25-18-13-16(3)9-10-20(18)32-4/h5-10,13,15H,11-12,14H2,1-4H3,(H,25,30). The van der Waals surface area contributed by atoms with E-state index in [1.807, 2.05) is 53.8 Å². The summed E-state index contributed by atoms with van der Waals surface area (Å²) in [6, 6.07) is 13.0. The molecule has 2 aromatic carbocycles. The number of para-hydroxylation sites is 1. The van der Waals surface area contributed by atoms with Crippen LogP contribution in [0, 0.1) is 12.8 Å². The molecule has 2 heterocycles. The van der Waals surface area contributed by atoms with Crippen LogP contribution in [0.2, 0.25) is 0 Å². The molecule has 0 saturated carbocycles. The second-order valence-corrected chi connectivity index (χ2v) is 9.26. The zero-order valence-electron chi connectivity index (χ0n) is 19.2. The molecule has 0 fully saturated rings. The Morgan fingerprint density at radius 3 is 2.73 bits per heavy atom. The number of carbonyl (C=O) groups is 1. The average Bonchev–Trinajstić information content (AvgIpc) is 3.21. The normalized spacial score (nSPS) is 11.4. The number of hydrogen-bond acceptors (Lipinski definition) is 6. The molecule has 0 saturated heterocycles. The number of hydrogen-bond donors (Lipinski definition) is 1. The van der Waals surface area contributed by atoms with Gasteiger partial charge in [0.15, 0.2) is 5.16 Å². The Morgan fingerprint density at radius 2 is 1.97 bits per heavy atom. The van der Waals surface area contributed by atoms with Gasteiger partial charge in [-0.2, -0.15) is 0 Å². The summed E-state index contributed by atoms with van der Waals surface area (Å²) in [6.07, 6.45) is 0.851. The summed E-state index contributed by atoms with van der Waals surface area (Å²) in [6.45, 7) is 6.75. The van der Waals surface area contributed by atoms with E-state index in [2.05, 4.69) is 29.4 Å². The van der Waals surface area contributed by atoms with Gasteiger partial charge in [0.2, 0.25) is 11.7 Å². The van der Waals surface area contributed by atoms with Gasteiger partial charge in [-0.15, -0.1) is 10.2 Å². The van der Waals surface area contributed by atoms with Crippen molar-refractivity contribution < 1.29 is 9.53 Å². The summed E-state index contributed by atoms with van der Waals surface area (Å²) in [7, 11) is 1.57. The first-order chi connectivity index (χ1) is 15.9. The molecule has 0 atom stereocenters. The van der Waals surface area contributed by atoms with E-state index in [9.17, 15) is 9.59 Å². The Labute approximate surface area is 196 Å². The van der Waals surface area contributed by atoms with Crippen LogP contribution in [0.15, 0.2) is 52.4 Å². The van der Waals surface area contributed by atoms with E-state index >= 15 is 0 Å². The zero-order valence-corrected chi connectivity index (χ0v) is 20.0. The molecule has 172 valence electrons. The van der Waals surface area contributed by atoms with E-state index in [0.717, 1.165) is 17.5 Å². The third-order valence-electron chi connectivity index (χ3n) is 5.37. The van der Waals surface area contributed by atoms with Crippen molar-refractivity contribution in [2.45, 2.75) is 38.9 Å². The quantitative estimate of drug-likeness (QED) is 0.393. The van der Waals surface area contributed by atoms with Crippen LogP contribution in [-0.4, -0.2) is 37.9 Å². The molecular formula is C24H27N5O3S. The fourth-order valence-electron chi connectivity index (χ4n) is 3.65. The van der Waals surface area contributed by atoms with Crippen LogP contribution in [-0.2, 0) is 11.3 Å². The van der Waals surface area contributed by atoms with E-state index in [1.165, 1.54) is 11.8 Å². The number of amides is 1. The highest BCUT2D eigenvalue weighted by Gasteiger charge is 2.18. The fourth-order valence-corrected chi connectivity index (χ4v) is 4.39. The largest absolute Gasteiger partial charge is 0.495 e. The minimum absolute atomic E-state index is 0.0769. The highest BCUT2D eigenvalue weighted by atomic mass is 32.2. The number of aromatic nitrogens is 4. The van der Waals surface area contributed by atoms with E-state index in [1.54, 1.807) is 11.7 Å². The number of nitrogens with zero attached hydrogens (tertiary/aromatic N) is 4. The Kier molecular flexibility index (Phi) is 6.69. The van der Waals surface area contributed by atoms with Gasteiger partial charge in [-0.3, -0.25) is 18.6 Å². The number of benzene rings is 2. The monoisotopic (exact) mass is 465 g/mol. The maximum Gasteiger partial charge on any atom is 0.262 e. The maximum absolute atomic E-state index is 13.1. The number of carbonyl (C=O) groups excluding carboxylic acids is 1. The summed E-state index contributed by atoms with van der Waals surface area (Å²) in [5.74, 6) is 1.49. The zero-order chi connectivity index (χ0) is 23.5. The summed E-state index contributed by atoms with van der Waals surface area (Å²) in [4.78, 5) is 25.8. The number of nitrogens with one attached hydrogen (secondary N) is 1. The lowest BCUT2D eigenvalue weighted by Gasteiger charge is -2.12. The van der Waals surface area contributed by atoms with Crippen molar-refractivity contribution in [2.75, 3.05) is 18.2 Å². The minimum atomic E-state index is -0.182. The Balaban J connectivity index is 1.64. The molecule has 4 rings (SSSR count). The lowest BCUT2D eigenvalue weighted by Crippen LogP contribution is -2.24. The van der Waals surface area contributed by atoms with E-state index in [0.29, 0.717) is 40.2 Å². The minimum Gasteiger partial charge on any atom is -0.495 e. The molecule has 33 heavy (non-hydrogen) atoms. The molecule has 0 bridgehead atoms. The third kappa shape index (κ3) is 4.73. The third-order valence-corrected chi connectivity index (χ3v) is 6.30. The summed E-state index contributed by atoms with van der Waals surface area (Å²) in [5, 5.41) is 12.7. The first-order valence-corrected chi connectivity index (χ1v) is 11.8. The molecular weight excluding hydrogens is 438 g/mol. The second-order valence-electron chi connectivity index (χ2n) is 8.32. The van der Waals surface area contributed by atoms with Crippen LogP contribution in [0.25, 0.3) is 16.7 Å². The van der Waals surface area contributed by atoms with Gasteiger partial charge in [0.1, 0.15) is 5.75 Å². The second kappa shape index (κ2) is 9.66. The van der Waals surface area contributed by atoms with E-state index in [-0.39, 0.29) is 17.2 Å². The molecule has 9 heteroatoms. The van der Waals surface area contributed by atoms with Crippen molar-refractivity contribution >= 4 is 40.0 Å². The van der Waals surface area contributed by atoms with Crippen molar-refractivity contribution in [1.29, 1.82) is 0 Å². The lowest BCUT2D eigenvalue weighted by atomic mass is 10.1. The Bertz CT molecular complexity index is 1380. The van der Waals surface area contributed by atoms with Gasteiger partial charge >= 0.3 is 0 Å². The van der Waals surface area contributed by atoms with Gasteiger partial charge in [-0.05, 0) is 49.1 Å². The number of fused-ring (bicyclic) bond motifs is 3. The summed E-state index contributed by atoms with van der Waals surface area (Å²) >= 11 is 1.28. The first-order valence-electron chi connectivity index (χ1n) is 10.8. The number of thioether (sulfide) groups is 1. The molecule has 8 nitrogen and oxygen atoms in total. The van der Waals surface area contributed by atoms with Gasteiger partial charge in [0.25, 0.3) is 5.56 Å². The molecule has 0 aliphatic rings. The van der Waals surface area contributed by atoms with Crippen molar-refractivity contribution in [3.63, 3.8) is 0 Å². The van der Waals surface area contributed by atoms with Gasteiger partial charge < -0.3 is 10.1 Å². The maximum atomic E-state index is 13.1. The smallest absolute Gasteiger partial charge is 0.262 e. The van der Waals surface area contributed by atoms with Gasteiger partial charge in [0, 0.05) is 6.54 Å². The van der Waals surface area contributed by atoms with Crippen molar-refractivity contribution in [1.82, 2.24) is 19.2 Å². The van der Waals surface area contributed by atoms with Crippen molar-refractivity contribution in [3.8, 4) is 5.75 Å². The van der Waals surface area contributed by atoms with E-state index < -0.39 is 0 Å². The van der Waals surface area contributed by atoms with Crippen molar-refractivity contribution in [3.05, 3.63) is 58.4 Å². The van der Waals surface area contributed by atoms with Crippen LogP contribution in [0.5, 0.6) is 5.75 Å². The molecule has 1 amide bonds. The van der Waals surface area contributed by atoms with Gasteiger partial charge in [0.05, 0.1) is 29.5 Å². The number of anilines is 1. The summed E-state index contributed by atoms with van der Waals surface area (Å²) in [5.41, 5.74) is 2.30. The highest BCUT2D eigenvalue weighted by molar-refractivity contribution is 7.99. The molecule has 2 aromatic heterocycles. The summed E-state index contributed by atoms with van der Waals surface area (Å²) < 4.78 is 8.88. The van der Waals surface area contributed by atoms with E-state index in [4.69, 9.17) is 4.74 Å². The molecule has 0 spiro atoms. The van der Waals surface area contributed by atoms with Gasteiger partial charge in [-0.25, -0.2) is 0 Å². The van der Waals surface area contributed by atoms with Crippen molar-refractivity contribution in [2.24, 2.45) is 5.92 Å².